The largest absolute Gasteiger partial charge is 0.443 e. The number of amides is 2. The predicted molar refractivity (Wildman–Crippen MR) is 124 cm³/mol. The highest BCUT2D eigenvalue weighted by Gasteiger charge is 2.43. The third-order valence-electron chi connectivity index (χ3n) is 5.01. The zero-order chi connectivity index (χ0) is 22.8. The lowest BCUT2D eigenvalue weighted by Gasteiger charge is -2.38. The van der Waals surface area contributed by atoms with Crippen LogP contribution in [0.15, 0.2) is 65.3 Å². The molecule has 0 unspecified atom stereocenters. The number of benzene rings is 2. The maximum absolute atomic E-state index is 13.5. The van der Waals surface area contributed by atoms with Crippen LogP contribution in [0.25, 0.3) is 6.08 Å². The summed E-state index contributed by atoms with van der Waals surface area (Å²) in [5.41, 5.74) is 2.96. The molecule has 0 aromatic heterocycles. The molecule has 0 spiro atoms. The van der Waals surface area contributed by atoms with Gasteiger partial charge in [-0.25, -0.2) is 14.7 Å². The lowest BCUT2D eigenvalue weighted by Crippen LogP contribution is -2.55. The number of hydrogen-bond acceptors (Lipinski definition) is 4. The van der Waals surface area contributed by atoms with Gasteiger partial charge in [0.15, 0.2) is 0 Å². The summed E-state index contributed by atoms with van der Waals surface area (Å²) in [4.78, 5) is 32.7. The van der Waals surface area contributed by atoms with Crippen LogP contribution in [0.2, 0.25) is 0 Å². The molecule has 0 fully saturated rings. The van der Waals surface area contributed by atoms with Crippen LogP contribution in [0, 0.1) is 12.8 Å². The number of aliphatic imine (C=N–C) groups is 1. The second-order valence-corrected chi connectivity index (χ2v) is 9.09. The van der Waals surface area contributed by atoms with E-state index in [-0.39, 0.29) is 11.6 Å². The molecule has 0 bridgehead atoms. The van der Waals surface area contributed by atoms with Gasteiger partial charge in [-0.05, 0) is 56.4 Å². The molecular formula is C26H30N2O3. The number of rotatable bonds is 3. The predicted octanol–water partition coefficient (Wildman–Crippen LogP) is 5.63. The van der Waals surface area contributed by atoms with Crippen molar-refractivity contribution in [3.05, 3.63) is 77.0 Å². The molecule has 1 aliphatic heterocycles. The minimum atomic E-state index is -0.722. The summed E-state index contributed by atoms with van der Waals surface area (Å²) in [6.07, 6.45) is 1.09. The fourth-order valence-electron chi connectivity index (χ4n) is 3.57. The van der Waals surface area contributed by atoms with Gasteiger partial charge in [0.1, 0.15) is 11.3 Å². The fourth-order valence-corrected chi connectivity index (χ4v) is 3.57. The quantitative estimate of drug-likeness (QED) is 0.607. The van der Waals surface area contributed by atoms with E-state index in [1.807, 2.05) is 75.4 Å². The molecule has 0 saturated carbocycles. The molecule has 0 aliphatic carbocycles. The molecule has 3 rings (SSSR count). The molecular weight excluding hydrogens is 388 g/mol. The van der Waals surface area contributed by atoms with Gasteiger partial charge in [-0.1, -0.05) is 68.4 Å². The Morgan fingerprint density at radius 2 is 1.68 bits per heavy atom. The van der Waals surface area contributed by atoms with Crippen molar-refractivity contribution in [1.82, 2.24) is 4.90 Å². The molecule has 31 heavy (non-hydrogen) atoms. The highest BCUT2D eigenvalue weighted by Crippen LogP contribution is 2.29. The zero-order valence-electron chi connectivity index (χ0n) is 19.0. The van der Waals surface area contributed by atoms with Gasteiger partial charge in [0.05, 0.1) is 11.8 Å². The summed E-state index contributed by atoms with van der Waals surface area (Å²) in [6.45, 7) is 11.3. The van der Waals surface area contributed by atoms with E-state index in [1.165, 1.54) is 4.90 Å². The van der Waals surface area contributed by atoms with Crippen LogP contribution in [-0.2, 0) is 9.53 Å². The lowest BCUT2D eigenvalue weighted by atomic mass is 9.90. The van der Waals surface area contributed by atoms with Gasteiger partial charge in [0, 0.05) is 0 Å². The zero-order valence-corrected chi connectivity index (χ0v) is 19.0. The van der Waals surface area contributed by atoms with Gasteiger partial charge in [-0.15, -0.1) is 0 Å². The molecule has 1 aliphatic rings. The standard InChI is InChI=1S/C26H30N2O3/c1-17(2)23-22(19-13-8-7-9-14-19)27-21(16-20-15-11-10-12-18(20)3)24(29)28(23)25(30)31-26(4,5)6/h7-17,23H,1-6H3/b21-16-/t23-/m0/s1. The average Bonchev–Trinajstić information content (AvgIpc) is 2.69. The Bertz CT molecular complexity index is 1030. The number of aryl methyl sites for hydroxylation is 1. The minimum absolute atomic E-state index is 0.0459. The van der Waals surface area contributed by atoms with Crippen molar-refractivity contribution in [2.45, 2.75) is 53.2 Å². The highest BCUT2D eigenvalue weighted by molar-refractivity contribution is 6.18. The van der Waals surface area contributed by atoms with Gasteiger partial charge in [-0.3, -0.25) is 4.79 Å². The van der Waals surface area contributed by atoms with Crippen molar-refractivity contribution in [2.75, 3.05) is 0 Å². The normalized spacial score (nSPS) is 18.4. The summed E-state index contributed by atoms with van der Waals surface area (Å²) >= 11 is 0. The van der Waals surface area contributed by atoms with E-state index in [0.29, 0.717) is 5.71 Å². The number of carbonyl (C=O) groups excluding carboxylic acids is 2. The van der Waals surface area contributed by atoms with Crippen molar-refractivity contribution in [3.8, 4) is 0 Å². The molecule has 2 aromatic rings. The Morgan fingerprint density at radius 3 is 2.26 bits per heavy atom. The topological polar surface area (TPSA) is 59.0 Å². The van der Waals surface area contributed by atoms with Crippen molar-refractivity contribution in [2.24, 2.45) is 10.9 Å². The van der Waals surface area contributed by atoms with E-state index in [2.05, 4.69) is 0 Å². The van der Waals surface area contributed by atoms with Gasteiger partial charge in [0.2, 0.25) is 0 Å². The average molecular weight is 419 g/mol. The highest BCUT2D eigenvalue weighted by atomic mass is 16.6. The minimum Gasteiger partial charge on any atom is -0.443 e. The van der Waals surface area contributed by atoms with Gasteiger partial charge < -0.3 is 4.74 Å². The first kappa shape index (κ1) is 22.5. The number of nitrogens with zero attached hydrogens (tertiary/aromatic N) is 2. The van der Waals surface area contributed by atoms with E-state index in [4.69, 9.17) is 9.73 Å². The van der Waals surface area contributed by atoms with Crippen molar-refractivity contribution in [3.63, 3.8) is 0 Å². The van der Waals surface area contributed by atoms with E-state index in [0.717, 1.165) is 16.7 Å². The van der Waals surface area contributed by atoms with E-state index < -0.39 is 23.6 Å². The van der Waals surface area contributed by atoms with Crippen LogP contribution in [0.5, 0.6) is 0 Å². The Hall–Kier alpha value is -3.21. The molecule has 5 heteroatoms. The third kappa shape index (κ3) is 5.10. The smallest absolute Gasteiger partial charge is 0.418 e. The van der Waals surface area contributed by atoms with E-state index >= 15 is 0 Å². The second kappa shape index (κ2) is 8.88. The Balaban J connectivity index is 2.20. The van der Waals surface area contributed by atoms with Crippen molar-refractivity contribution < 1.29 is 14.3 Å². The van der Waals surface area contributed by atoms with E-state index in [1.54, 1.807) is 26.8 Å². The Labute approximate surface area is 184 Å². The number of ether oxygens (including phenoxy) is 1. The first-order chi connectivity index (χ1) is 14.6. The van der Waals surface area contributed by atoms with Crippen LogP contribution in [0.4, 0.5) is 4.79 Å². The molecule has 2 amide bonds. The number of carbonyl (C=O) groups is 2. The van der Waals surface area contributed by atoms with E-state index in [9.17, 15) is 9.59 Å². The van der Waals surface area contributed by atoms with Crippen LogP contribution in [0.3, 0.4) is 0 Å². The maximum atomic E-state index is 13.5. The first-order valence-corrected chi connectivity index (χ1v) is 10.6. The number of imide groups is 1. The lowest BCUT2D eigenvalue weighted by molar-refractivity contribution is -0.128. The molecule has 0 saturated heterocycles. The van der Waals surface area contributed by atoms with Gasteiger partial charge >= 0.3 is 6.09 Å². The molecule has 5 nitrogen and oxygen atoms in total. The second-order valence-electron chi connectivity index (χ2n) is 9.09. The fraction of sp³-hybridized carbons (Fsp3) is 0.346. The molecule has 0 N–H and O–H groups in total. The Morgan fingerprint density at radius 1 is 1.06 bits per heavy atom. The molecule has 1 atom stereocenters. The van der Waals surface area contributed by atoms with Gasteiger partial charge in [0.25, 0.3) is 5.91 Å². The summed E-state index contributed by atoms with van der Waals surface area (Å²) in [5.74, 6) is -0.494. The van der Waals surface area contributed by atoms with Gasteiger partial charge in [-0.2, -0.15) is 0 Å². The summed E-state index contributed by atoms with van der Waals surface area (Å²) in [6, 6.07) is 16.9. The summed E-state index contributed by atoms with van der Waals surface area (Å²) in [7, 11) is 0. The third-order valence-corrected chi connectivity index (χ3v) is 5.01. The molecule has 162 valence electrons. The van der Waals surface area contributed by atoms with Crippen LogP contribution < -0.4 is 0 Å². The summed E-state index contributed by atoms with van der Waals surface area (Å²) < 4.78 is 5.62. The maximum Gasteiger partial charge on any atom is 0.418 e. The van der Waals surface area contributed by atoms with Crippen LogP contribution >= 0.6 is 0 Å². The number of hydrogen-bond donors (Lipinski definition) is 0. The van der Waals surface area contributed by atoms with Crippen molar-refractivity contribution in [1.29, 1.82) is 0 Å². The Kier molecular flexibility index (Phi) is 6.44. The first-order valence-electron chi connectivity index (χ1n) is 10.6. The van der Waals surface area contributed by atoms with Crippen molar-refractivity contribution >= 4 is 23.8 Å². The molecule has 0 radical (unpaired) electrons. The summed E-state index contributed by atoms with van der Waals surface area (Å²) in [5, 5.41) is 0. The SMILES string of the molecule is Cc1ccccc1/C=C1\N=C(c2ccccc2)[C@H](C(C)C)N(C(=O)OC(C)(C)C)C1=O. The molecule has 1 heterocycles. The molecule has 2 aromatic carbocycles. The van der Waals surface area contributed by atoms with Crippen LogP contribution in [0.1, 0.15) is 51.3 Å². The monoisotopic (exact) mass is 418 g/mol. The van der Waals surface area contributed by atoms with Crippen LogP contribution in [-0.4, -0.2) is 34.3 Å².